The molecular weight excluding hydrogens is 190 g/mol. The van der Waals surface area contributed by atoms with Crippen LogP contribution >= 0.6 is 0 Å². The highest BCUT2D eigenvalue weighted by Gasteiger charge is 2.04. The van der Waals surface area contributed by atoms with E-state index in [2.05, 4.69) is 19.9 Å². The molecule has 0 saturated heterocycles. The fourth-order valence-corrected chi connectivity index (χ4v) is 1.51. The Hall–Kier alpha value is -2.17. The third-order valence-corrected chi connectivity index (χ3v) is 2.26. The van der Waals surface area contributed by atoms with Gasteiger partial charge in [0, 0.05) is 25.0 Å². The number of fused-ring (bicyclic) bond motifs is 1. The van der Waals surface area contributed by atoms with Crippen LogP contribution in [-0.2, 0) is 7.05 Å². The van der Waals surface area contributed by atoms with Crippen molar-refractivity contribution in [3.05, 3.63) is 31.0 Å². The molecule has 1 N–H and O–H groups in total. The smallest absolute Gasteiger partial charge is 0.163 e. The van der Waals surface area contributed by atoms with Gasteiger partial charge in [-0.2, -0.15) is 0 Å². The van der Waals surface area contributed by atoms with Crippen LogP contribution in [0.5, 0.6) is 0 Å². The van der Waals surface area contributed by atoms with E-state index in [1.54, 1.807) is 12.5 Å². The highest BCUT2D eigenvalue weighted by atomic mass is 15.0. The summed E-state index contributed by atoms with van der Waals surface area (Å²) in [7, 11) is 1.97. The molecule has 0 aliphatic rings. The van der Waals surface area contributed by atoms with Crippen LogP contribution in [0, 0.1) is 0 Å². The highest BCUT2D eigenvalue weighted by Crippen LogP contribution is 2.16. The number of hydrogen-bond donors (Lipinski definition) is 1. The second kappa shape index (κ2) is 2.91. The van der Waals surface area contributed by atoms with Crippen molar-refractivity contribution < 1.29 is 0 Å². The predicted molar refractivity (Wildman–Crippen MR) is 56.1 cm³/mol. The van der Waals surface area contributed by atoms with E-state index in [4.69, 9.17) is 0 Å². The minimum absolute atomic E-state index is 0.715. The maximum atomic E-state index is 4.38. The minimum atomic E-state index is 0.715. The maximum Gasteiger partial charge on any atom is 0.163 e. The average Bonchev–Trinajstić information content (AvgIpc) is 2.84. The first-order valence-electron chi connectivity index (χ1n) is 4.61. The molecule has 0 saturated carbocycles. The van der Waals surface area contributed by atoms with Gasteiger partial charge in [0.05, 0.1) is 12.5 Å². The molecular formula is C10H9N5. The summed E-state index contributed by atoms with van der Waals surface area (Å²) >= 11 is 0. The second-order valence-corrected chi connectivity index (χ2v) is 3.40. The van der Waals surface area contributed by atoms with Crippen molar-refractivity contribution in [3.8, 4) is 11.4 Å². The van der Waals surface area contributed by atoms with E-state index in [0.717, 1.165) is 16.7 Å². The first kappa shape index (κ1) is 8.16. The lowest BCUT2D eigenvalue weighted by Gasteiger charge is -1.95. The zero-order valence-corrected chi connectivity index (χ0v) is 8.18. The van der Waals surface area contributed by atoms with Crippen LogP contribution in [0.25, 0.3) is 22.6 Å². The van der Waals surface area contributed by atoms with Crippen molar-refractivity contribution in [2.45, 2.75) is 0 Å². The Morgan fingerprint density at radius 1 is 1.33 bits per heavy atom. The molecule has 74 valence electrons. The Labute approximate surface area is 85.8 Å². The lowest BCUT2D eigenvalue weighted by molar-refractivity contribution is 0.927. The average molecular weight is 199 g/mol. The fraction of sp³-hybridized carbons (Fsp3) is 0.100. The van der Waals surface area contributed by atoms with Crippen LogP contribution in [0.15, 0.2) is 31.0 Å². The Morgan fingerprint density at radius 3 is 3.07 bits per heavy atom. The number of aromatic nitrogens is 5. The molecule has 3 aromatic rings. The van der Waals surface area contributed by atoms with E-state index in [0.29, 0.717) is 5.82 Å². The molecule has 0 spiro atoms. The van der Waals surface area contributed by atoms with Crippen molar-refractivity contribution in [1.82, 2.24) is 24.5 Å². The number of nitrogens with one attached hydrogen (secondary N) is 1. The molecule has 0 fully saturated rings. The van der Waals surface area contributed by atoms with Gasteiger partial charge < -0.3 is 9.55 Å². The van der Waals surface area contributed by atoms with Crippen LogP contribution in [0.4, 0.5) is 0 Å². The summed E-state index contributed by atoms with van der Waals surface area (Å²) in [6, 6.07) is 1.98. The quantitative estimate of drug-likeness (QED) is 0.643. The second-order valence-electron chi connectivity index (χ2n) is 3.40. The molecule has 3 heterocycles. The Morgan fingerprint density at radius 2 is 2.27 bits per heavy atom. The maximum absolute atomic E-state index is 4.38. The van der Waals surface area contributed by atoms with E-state index < -0.39 is 0 Å². The summed E-state index contributed by atoms with van der Waals surface area (Å²) in [6.45, 7) is 0. The number of aromatic amines is 1. The first-order valence-corrected chi connectivity index (χ1v) is 4.61. The summed E-state index contributed by atoms with van der Waals surface area (Å²) in [5, 5.41) is 0. The third-order valence-electron chi connectivity index (χ3n) is 2.26. The molecule has 3 rings (SSSR count). The van der Waals surface area contributed by atoms with Gasteiger partial charge in [0.2, 0.25) is 0 Å². The summed E-state index contributed by atoms with van der Waals surface area (Å²) < 4.78 is 1.97. The molecule has 0 aliphatic carbocycles. The standard InChI is InChI=1S/C10H9N5/c1-15-3-2-7(5-15)9-11-4-8-10(14-9)13-6-12-8/h2-6H,1H3,(H,11,12,13,14). The number of nitrogens with zero attached hydrogens (tertiary/aromatic N) is 4. The van der Waals surface area contributed by atoms with Crippen LogP contribution in [-0.4, -0.2) is 24.5 Å². The number of rotatable bonds is 1. The Kier molecular flexibility index (Phi) is 1.58. The van der Waals surface area contributed by atoms with Gasteiger partial charge in [-0.25, -0.2) is 15.0 Å². The van der Waals surface area contributed by atoms with Gasteiger partial charge in [-0.05, 0) is 6.07 Å². The van der Waals surface area contributed by atoms with Gasteiger partial charge in [-0.15, -0.1) is 0 Å². The zero-order valence-electron chi connectivity index (χ0n) is 8.18. The lowest BCUT2D eigenvalue weighted by Crippen LogP contribution is -1.88. The number of hydrogen-bond acceptors (Lipinski definition) is 3. The van der Waals surface area contributed by atoms with E-state index in [-0.39, 0.29) is 0 Å². The topological polar surface area (TPSA) is 59.4 Å². The molecule has 0 bridgehead atoms. The van der Waals surface area contributed by atoms with Gasteiger partial charge in [-0.3, -0.25) is 0 Å². The van der Waals surface area contributed by atoms with Gasteiger partial charge in [0.15, 0.2) is 11.5 Å². The lowest BCUT2D eigenvalue weighted by atomic mass is 10.3. The molecule has 15 heavy (non-hydrogen) atoms. The monoisotopic (exact) mass is 199 g/mol. The number of aryl methyl sites for hydroxylation is 1. The van der Waals surface area contributed by atoms with Gasteiger partial charge in [0.25, 0.3) is 0 Å². The Bertz CT molecular complexity index is 607. The summed E-state index contributed by atoms with van der Waals surface area (Å²) in [6.07, 6.45) is 7.29. The van der Waals surface area contributed by atoms with Crippen molar-refractivity contribution in [2.75, 3.05) is 0 Å². The molecule has 0 radical (unpaired) electrons. The number of H-pyrrole nitrogens is 1. The third kappa shape index (κ3) is 1.28. The summed E-state index contributed by atoms with van der Waals surface area (Å²) in [4.78, 5) is 15.7. The van der Waals surface area contributed by atoms with Gasteiger partial charge in [0.1, 0.15) is 5.52 Å². The largest absolute Gasteiger partial charge is 0.357 e. The van der Waals surface area contributed by atoms with Crippen LogP contribution in [0.2, 0.25) is 0 Å². The number of imidazole rings is 1. The van der Waals surface area contributed by atoms with Crippen LogP contribution in [0.1, 0.15) is 0 Å². The van der Waals surface area contributed by atoms with Crippen molar-refractivity contribution in [3.63, 3.8) is 0 Å². The summed E-state index contributed by atoms with van der Waals surface area (Å²) in [5.74, 6) is 0.715. The van der Waals surface area contributed by atoms with Crippen molar-refractivity contribution in [2.24, 2.45) is 7.05 Å². The molecule has 0 amide bonds. The van der Waals surface area contributed by atoms with Crippen LogP contribution in [0.3, 0.4) is 0 Å². The van der Waals surface area contributed by atoms with E-state index in [1.165, 1.54) is 0 Å². The van der Waals surface area contributed by atoms with Crippen molar-refractivity contribution in [1.29, 1.82) is 0 Å². The Balaban J connectivity index is 2.18. The SMILES string of the molecule is Cn1ccc(-c2ncc3nc[nH]c3n2)c1. The zero-order chi connectivity index (χ0) is 10.3. The fourth-order valence-electron chi connectivity index (χ4n) is 1.51. The van der Waals surface area contributed by atoms with E-state index in [9.17, 15) is 0 Å². The minimum Gasteiger partial charge on any atom is -0.357 e. The molecule has 3 aromatic heterocycles. The first-order chi connectivity index (χ1) is 7.33. The van der Waals surface area contributed by atoms with Gasteiger partial charge in [-0.1, -0.05) is 0 Å². The molecule has 0 aromatic carbocycles. The highest BCUT2D eigenvalue weighted by molar-refractivity contribution is 5.71. The van der Waals surface area contributed by atoms with Gasteiger partial charge >= 0.3 is 0 Å². The molecule has 0 unspecified atom stereocenters. The molecule has 5 nitrogen and oxygen atoms in total. The molecule has 0 aliphatic heterocycles. The van der Waals surface area contributed by atoms with E-state index >= 15 is 0 Å². The van der Waals surface area contributed by atoms with Crippen LogP contribution < -0.4 is 0 Å². The predicted octanol–water partition coefficient (Wildman–Crippen LogP) is 1.36. The normalized spacial score (nSPS) is 11.0. The molecule has 0 atom stereocenters. The van der Waals surface area contributed by atoms with Crippen molar-refractivity contribution >= 4 is 11.2 Å². The molecule has 5 heteroatoms. The van der Waals surface area contributed by atoms with E-state index in [1.807, 2.05) is 30.1 Å². The summed E-state index contributed by atoms with van der Waals surface area (Å²) in [5.41, 5.74) is 2.56.